The van der Waals surface area contributed by atoms with Gasteiger partial charge in [-0.1, -0.05) is 23.2 Å². The molecule has 8 nitrogen and oxygen atoms in total. The summed E-state index contributed by atoms with van der Waals surface area (Å²) in [5.41, 5.74) is 13.7. The average molecular weight is 532 g/mol. The summed E-state index contributed by atoms with van der Waals surface area (Å²) in [5, 5.41) is 9.43. The number of benzene rings is 1. The second-order valence-corrected chi connectivity index (χ2v) is 10.2. The molecular weight excluding hydrogens is 504 g/mol. The molecule has 3 aromatic rings. The molecule has 0 radical (unpaired) electrons. The van der Waals surface area contributed by atoms with Crippen LogP contribution in [0.1, 0.15) is 29.7 Å². The van der Waals surface area contributed by atoms with E-state index in [0.29, 0.717) is 57.8 Å². The third kappa shape index (κ3) is 5.39. The molecule has 190 valence electrons. The number of halogens is 3. The van der Waals surface area contributed by atoms with E-state index in [1.165, 1.54) is 24.7 Å². The molecule has 0 amide bonds. The number of rotatable bonds is 8. The highest BCUT2D eigenvalue weighted by Gasteiger charge is 2.41. The van der Waals surface area contributed by atoms with Gasteiger partial charge in [-0.05, 0) is 45.3 Å². The number of anilines is 2. The first-order chi connectivity index (χ1) is 17.0. The topological polar surface area (TPSA) is 117 Å². The van der Waals surface area contributed by atoms with Crippen LogP contribution in [-0.2, 0) is 0 Å². The zero-order chi connectivity index (χ0) is 26.2. The van der Waals surface area contributed by atoms with Crippen LogP contribution < -0.4 is 21.1 Å². The fraction of sp³-hybridized carbons (Fsp3) is 0.320. The van der Waals surface area contributed by atoms with Crippen molar-refractivity contribution < 1.29 is 9.13 Å². The van der Waals surface area contributed by atoms with E-state index in [2.05, 4.69) is 9.97 Å². The van der Waals surface area contributed by atoms with Gasteiger partial charge in [-0.2, -0.15) is 0 Å². The number of ether oxygens (including phenoxy) is 1. The molecule has 1 fully saturated rings. The summed E-state index contributed by atoms with van der Waals surface area (Å²) in [6.07, 6.45) is 3.97. The second kappa shape index (κ2) is 10.2. The quantitative estimate of drug-likeness (QED) is 0.295. The minimum atomic E-state index is -0.522. The maximum Gasteiger partial charge on any atom is 0.166 e. The zero-order valence-corrected chi connectivity index (χ0v) is 21.7. The third-order valence-corrected chi connectivity index (χ3v) is 6.56. The molecule has 11 heteroatoms. The molecule has 5 N–H and O–H groups in total. The highest BCUT2D eigenvalue weighted by Crippen LogP contribution is 2.34. The van der Waals surface area contributed by atoms with Crippen LogP contribution in [0.25, 0.3) is 0 Å². The predicted octanol–water partition coefficient (Wildman–Crippen LogP) is 4.14. The summed E-state index contributed by atoms with van der Waals surface area (Å²) in [4.78, 5) is 12.0. The Bertz CT molecular complexity index is 1280. The van der Waals surface area contributed by atoms with Crippen LogP contribution in [0.15, 0.2) is 42.9 Å². The number of nitrogens with one attached hydrogen (secondary N) is 1. The minimum absolute atomic E-state index is 0.0212. The largest absolute Gasteiger partial charge is 0.486 e. The van der Waals surface area contributed by atoms with Gasteiger partial charge >= 0.3 is 0 Å². The number of hydrogen-bond donors (Lipinski definition) is 3. The van der Waals surface area contributed by atoms with Gasteiger partial charge < -0.3 is 26.0 Å². The highest BCUT2D eigenvalue weighted by molar-refractivity contribution is 6.35. The molecule has 0 unspecified atom stereocenters. The van der Waals surface area contributed by atoms with Crippen molar-refractivity contribution in [2.75, 3.05) is 44.4 Å². The fourth-order valence-corrected chi connectivity index (χ4v) is 5.12. The summed E-state index contributed by atoms with van der Waals surface area (Å²) in [5.74, 6) is 0.147. The van der Waals surface area contributed by atoms with E-state index in [1.54, 1.807) is 30.0 Å². The predicted molar refractivity (Wildman–Crippen MR) is 142 cm³/mol. The number of nitrogen functional groups attached to an aromatic ring is 1. The fourth-order valence-electron chi connectivity index (χ4n) is 4.45. The number of nitrogens with zero attached hydrogens (tertiary/aromatic N) is 4. The number of hydrogen-bond acceptors (Lipinski definition) is 8. The van der Waals surface area contributed by atoms with Crippen molar-refractivity contribution in [3.63, 3.8) is 0 Å². The van der Waals surface area contributed by atoms with Crippen LogP contribution in [-0.4, -0.2) is 59.8 Å². The summed E-state index contributed by atoms with van der Waals surface area (Å²) in [6, 6.07) is 6.23. The van der Waals surface area contributed by atoms with Crippen LogP contribution in [0.2, 0.25) is 10.0 Å². The zero-order valence-electron chi connectivity index (χ0n) is 20.2. The third-order valence-electron chi connectivity index (χ3n) is 5.96. The van der Waals surface area contributed by atoms with Gasteiger partial charge in [0, 0.05) is 60.6 Å². The Morgan fingerprint density at radius 2 is 1.89 bits per heavy atom. The Morgan fingerprint density at radius 1 is 1.22 bits per heavy atom. The molecule has 4 rings (SSSR count). The lowest BCUT2D eigenvalue weighted by atomic mass is 9.90. The molecule has 1 aliphatic rings. The molecule has 0 bridgehead atoms. The van der Waals surface area contributed by atoms with Gasteiger partial charge in [0.2, 0.25) is 0 Å². The standard InChI is InChI=1S/C25H28Cl2FN7O/c1-14(22-18(26)9-32-10-19(22)27)36-16-4-5-21(29)17(7-16)23(30)15-6-20(28)24(33-8-15)35-12-25(31,13-35)11-34(2)3/h4-10,14,30H,11-13,29,31H2,1-3H3/t14-/m1/s1. The molecule has 0 aliphatic carbocycles. The average Bonchev–Trinajstić information content (AvgIpc) is 2.77. The molecule has 3 heterocycles. The first-order valence-electron chi connectivity index (χ1n) is 11.3. The summed E-state index contributed by atoms with van der Waals surface area (Å²) in [7, 11) is 3.90. The smallest absolute Gasteiger partial charge is 0.166 e. The normalized spacial score (nSPS) is 15.5. The van der Waals surface area contributed by atoms with E-state index in [4.69, 9.17) is 44.8 Å². The van der Waals surface area contributed by atoms with E-state index >= 15 is 0 Å². The van der Waals surface area contributed by atoms with Crippen LogP contribution in [0.4, 0.5) is 15.9 Å². The molecule has 1 atom stereocenters. The second-order valence-electron chi connectivity index (χ2n) is 9.39. The first-order valence-corrected chi connectivity index (χ1v) is 12.0. The summed E-state index contributed by atoms with van der Waals surface area (Å²) in [6.45, 7) is 3.50. The lowest BCUT2D eigenvalue weighted by molar-refractivity contribution is 0.227. The molecule has 1 saturated heterocycles. The molecule has 0 spiro atoms. The van der Waals surface area contributed by atoms with Crippen molar-refractivity contribution >= 4 is 40.4 Å². The Hall–Kier alpha value is -2.98. The number of nitrogens with two attached hydrogens (primary N) is 2. The van der Waals surface area contributed by atoms with Crippen molar-refractivity contribution in [1.29, 1.82) is 5.41 Å². The molecule has 2 aromatic heterocycles. The monoisotopic (exact) mass is 531 g/mol. The van der Waals surface area contributed by atoms with Crippen molar-refractivity contribution in [2.45, 2.75) is 18.6 Å². The molecule has 1 aromatic carbocycles. The van der Waals surface area contributed by atoms with Crippen LogP contribution in [0.3, 0.4) is 0 Å². The van der Waals surface area contributed by atoms with Gasteiger partial charge in [0.1, 0.15) is 11.9 Å². The van der Waals surface area contributed by atoms with Crippen LogP contribution in [0.5, 0.6) is 5.75 Å². The molecule has 36 heavy (non-hydrogen) atoms. The van der Waals surface area contributed by atoms with Gasteiger partial charge in [-0.25, -0.2) is 9.37 Å². The molecule has 1 aliphatic heterocycles. The maximum atomic E-state index is 15.0. The van der Waals surface area contributed by atoms with Crippen molar-refractivity contribution in [3.05, 3.63) is 75.4 Å². The Morgan fingerprint density at radius 3 is 2.50 bits per heavy atom. The van der Waals surface area contributed by atoms with E-state index in [0.717, 1.165) is 0 Å². The summed E-state index contributed by atoms with van der Waals surface area (Å²) < 4.78 is 21.0. The maximum absolute atomic E-state index is 15.0. The van der Waals surface area contributed by atoms with E-state index < -0.39 is 17.5 Å². The lowest BCUT2D eigenvalue weighted by Gasteiger charge is -2.49. The number of likely N-dealkylation sites (N-methyl/N-ethyl adjacent to an activating group) is 1. The number of aromatic nitrogens is 2. The lowest BCUT2D eigenvalue weighted by Crippen LogP contribution is -2.71. The van der Waals surface area contributed by atoms with Gasteiger partial charge in [-0.3, -0.25) is 10.4 Å². The Balaban J connectivity index is 1.52. The van der Waals surface area contributed by atoms with E-state index in [9.17, 15) is 4.39 Å². The molecule has 0 saturated carbocycles. The van der Waals surface area contributed by atoms with Crippen LogP contribution in [0, 0.1) is 11.2 Å². The van der Waals surface area contributed by atoms with Crippen LogP contribution >= 0.6 is 23.2 Å². The van der Waals surface area contributed by atoms with Crippen molar-refractivity contribution in [2.24, 2.45) is 5.73 Å². The molecular formula is C25H28Cl2FN7O. The van der Waals surface area contributed by atoms with Gasteiger partial charge in [0.05, 0.1) is 21.3 Å². The SMILES string of the molecule is C[C@@H](Oc1ccc(N)c(C(=N)c2cnc(N3CC(N)(CN(C)C)C3)c(F)c2)c1)c1c(Cl)cncc1Cl. The first kappa shape index (κ1) is 26.1. The van der Waals surface area contributed by atoms with Crippen molar-refractivity contribution in [1.82, 2.24) is 14.9 Å². The Kier molecular flexibility index (Phi) is 7.38. The highest BCUT2D eigenvalue weighted by atomic mass is 35.5. The van der Waals surface area contributed by atoms with Crippen molar-refractivity contribution in [3.8, 4) is 5.75 Å². The summed E-state index contributed by atoms with van der Waals surface area (Å²) >= 11 is 12.5. The van der Waals surface area contributed by atoms with Gasteiger partial charge in [0.15, 0.2) is 11.6 Å². The van der Waals surface area contributed by atoms with Gasteiger partial charge in [-0.15, -0.1) is 0 Å². The van der Waals surface area contributed by atoms with E-state index in [1.807, 2.05) is 19.0 Å². The number of pyridine rings is 2. The van der Waals surface area contributed by atoms with E-state index in [-0.39, 0.29) is 11.5 Å². The van der Waals surface area contributed by atoms with Gasteiger partial charge in [0.25, 0.3) is 0 Å². The minimum Gasteiger partial charge on any atom is -0.486 e. The Labute approximate surface area is 219 Å².